The van der Waals surface area contributed by atoms with Gasteiger partial charge in [-0.1, -0.05) is 59.7 Å². The molecule has 120 valence electrons. The number of rotatable bonds is 4. The molecule has 3 rings (SSSR count). The Kier molecular flexibility index (Phi) is 4.67. The van der Waals surface area contributed by atoms with Gasteiger partial charge in [0.2, 0.25) is 0 Å². The summed E-state index contributed by atoms with van der Waals surface area (Å²) in [6.07, 6.45) is 5.49. The molecule has 2 nitrogen and oxygen atoms in total. The van der Waals surface area contributed by atoms with Crippen LogP contribution in [0, 0.1) is 6.92 Å². The van der Waals surface area contributed by atoms with Gasteiger partial charge in [0.25, 0.3) is 0 Å². The van der Waals surface area contributed by atoms with E-state index >= 15 is 0 Å². The zero-order valence-electron chi connectivity index (χ0n) is 13.4. The van der Waals surface area contributed by atoms with Crippen LogP contribution in [0.4, 0.5) is 0 Å². The second-order valence-corrected chi connectivity index (χ2v) is 8.44. The van der Waals surface area contributed by atoms with Gasteiger partial charge < -0.3 is 0 Å². The summed E-state index contributed by atoms with van der Waals surface area (Å²) in [4.78, 5) is 0.435. The number of allylic oxidation sites excluding steroid dienone is 1. The van der Waals surface area contributed by atoms with E-state index in [0.29, 0.717) is 11.3 Å². The SMILES string of the molecule is Cc1ccc(S(=O)(=O)C2C=C(Cc3ccccc3)CCC2)cc1. The third-order valence-electron chi connectivity index (χ3n) is 4.43. The molecule has 0 spiro atoms. The minimum atomic E-state index is -3.28. The number of aryl methyl sites for hydroxylation is 1. The smallest absolute Gasteiger partial charge is 0.184 e. The van der Waals surface area contributed by atoms with Crippen LogP contribution in [0.5, 0.6) is 0 Å². The fourth-order valence-corrected chi connectivity index (χ4v) is 4.83. The average molecular weight is 326 g/mol. The first-order valence-electron chi connectivity index (χ1n) is 8.10. The molecule has 0 saturated carbocycles. The second-order valence-electron chi connectivity index (χ2n) is 6.28. The number of sulfone groups is 1. The zero-order valence-corrected chi connectivity index (χ0v) is 14.2. The normalized spacial score (nSPS) is 18.5. The quantitative estimate of drug-likeness (QED) is 0.776. The molecule has 0 fully saturated rings. The van der Waals surface area contributed by atoms with Crippen LogP contribution in [0.15, 0.2) is 71.1 Å². The van der Waals surface area contributed by atoms with Gasteiger partial charge in [0.1, 0.15) is 0 Å². The van der Waals surface area contributed by atoms with Gasteiger partial charge in [-0.3, -0.25) is 0 Å². The van der Waals surface area contributed by atoms with Crippen molar-refractivity contribution in [3.05, 3.63) is 77.4 Å². The van der Waals surface area contributed by atoms with Crippen molar-refractivity contribution in [2.75, 3.05) is 0 Å². The van der Waals surface area contributed by atoms with E-state index in [2.05, 4.69) is 12.1 Å². The lowest BCUT2D eigenvalue weighted by Gasteiger charge is -2.21. The van der Waals surface area contributed by atoms with E-state index in [0.717, 1.165) is 24.8 Å². The fourth-order valence-electron chi connectivity index (χ4n) is 3.11. The van der Waals surface area contributed by atoms with E-state index in [1.165, 1.54) is 11.1 Å². The van der Waals surface area contributed by atoms with Crippen molar-refractivity contribution in [1.82, 2.24) is 0 Å². The fraction of sp³-hybridized carbons (Fsp3) is 0.300. The van der Waals surface area contributed by atoms with Gasteiger partial charge in [-0.2, -0.15) is 0 Å². The molecule has 0 amide bonds. The summed E-state index contributed by atoms with van der Waals surface area (Å²) < 4.78 is 25.7. The predicted octanol–water partition coefficient (Wildman–Crippen LogP) is 4.49. The standard InChI is InChI=1S/C20H22O2S/c1-16-10-12-19(13-11-16)23(21,22)20-9-5-8-18(15-20)14-17-6-3-2-4-7-17/h2-4,6-7,10-13,15,20H,5,8-9,14H2,1H3. The molecule has 2 aromatic carbocycles. The maximum Gasteiger partial charge on any atom is 0.184 e. The number of hydrogen-bond acceptors (Lipinski definition) is 2. The van der Waals surface area contributed by atoms with Gasteiger partial charge in [0.05, 0.1) is 10.1 Å². The molecule has 1 unspecified atom stereocenters. The molecule has 3 heteroatoms. The van der Waals surface area contributed by atoms with Crippen LogP contribution in [0.3, 0.4) is 0 Å². The Morgan fingerprint density at radius 3 is 2.39 bits per heavy atom. The van der Waals surface area contributed by atoms with Crippen LogP contribution in [0.1, 0.15) is 30.4 Å². The Hall–Kier alpha value is -1.87. The first-order valence-corrected chi connectivity index (χ1v) is 9.64. The topological polar surface area (TPSA) is 34.1 Å². The molecule has 23 heavy (non-hydrogen) atoms. The third kappa shape index (κ3) is 3.73. The van der Waals surface area contributed by atoms with Gasteiger partial charge in [0.15, 0.2) is 9.84 Å². The van der Waals surface area contributed by atoms with Crippen LogP contribution in [0.25, 0.3) is 0 Å². The van der Waals surface area contributed by atoms with E-state index in [1.807, 2.05) is 43.3 Å². The minimum Gasteiger partial charge on any atom is -0.223 e. The van der Waals surface area contributed by atoms with Crippen molar-refractivity contribution in [2.24, 2.45) is 0 Å². The van der Waals surface area contributed by atoms with Crippen molar-refractivity contribution in [2.45, 2.75) is 42.8 Å². The van der Waals surface area contributed by atoms with E-state index in [4.69, 9.17) is 0 Å². The molecule has 0 aliphatic heterocycles. The highest BCUT2D eigenvalue weighted by Crippen LogP contribution is 2.29. The lowest BCUT2D eigenvalue weighted by Crippen LogP contribution is -2.22. The number of hydrogen-bond donors (Lipinski definition) is 0. The molecule has 0 aromatic heterocycles. The average Bonchev–Trinajstić information content (AvgIpc) is 2.56. The summed E-state index contributed by atoms with van der Waals surface area (Å²) >= 11 is 0. The molecule has 1 aliphatic carbocycles. The molecule has 0 bridgehead atoms. The zero-order chi connectivity index (χ0) is 16.3. The van der Waals surface area contributed by atoms with Crippen LogP contribution in [0.2, 0.25) is 0 Å². The summed E-state index contributed by atoms with van der Waals surface area (Å²) in [5.74, 6) is 0. The molecule has 0 radical (unpaired) electrons. The van der Waals surface area contributed by atoms with Gasteiger partial charge in [-0.25, -0.2) is 8.42 Å². The Bertz CT molecular complexity index is 787. The van der Waals surface area contributed by atoms with Gasteiger partial charge >= 0.3 is 0 Å². The highest BCUT2D eigenvalue weighted by molar-refractivity contribution is 7.92. The molecule has 0 saturated heterocycles. The molecule has 1 atom stereocenters. The van der Waals surface area contributed by atoms with Crippen molar-refractivity contribution >= 4 is 9.84 Å². The van der Waals surface area contributed by atoms with Crippen molar-refractivity contribution in [3.63, 3.8) is 0 Å². The molecular weight excluding hydrogens is 304 g/mol. The maximum absolute atomic E-state index is 12.9. The van der Waals surface area contributed by atoms with E-state index in [1.54, 1.807) is 12.1 Å². The summed E-state index contributed by atoms with van der Waals surface area (Å²) in [7, 11) is -3.28. The van der Waals surface area contributed by atoms with Crippen molar-refractivity contribution in [1.29, 1.82) is 0 Å². The molecule has 1 aliphatic rings. The van der Waals surface area contributed by atoms with Crippen molar-refractivity contribution < 1.29 is 8.42 Å². The first kappa shape index (κ1) is 16.0. The van der Waals surface area contributed by atoms with Gasteiger partial charge in [0, 0.05) is 0 Å². The lowest BCUT2D eigenvalue weighted by atomic mass is 9.94. The molecular formula is C20H22O2S. The molecule has 0 heterocycles. The summed E-state index contributed by atoms with van der Waals surface area (Å²) in [6.45, 7) is 1.97. The second kappa shape index (κ2) is 6.71. The number of benzene rings is 2. The van der Waals surface area contributed by atoms with E-state index in [9.17, 15) is 8.42 Å². The largest absolute Gasteiger partial charge is 0.223 e. The van der Waals surface area contributed by atoms with E-state index < -0.39 is 15.1 Å². The highest BCUT2D eigenvalue weighted by Gasteiger charge is 2.28. The van der Waals surface area contributed by atoms with Gasteiger partial charge in [-0.05, 0) is 50.3 Å². The lowest BCUT2D eigenvalue weighted by molar-refractivity contribution is 0.573. The Labute approximate surface area is 138 Å². The van der Waals surface area contributed by atoms with Crippen molar-refractivity contribution in [3.8, 4) is 0 Å². The molecule has 0 N–H and O–H groups in total. The van der Waals surface area contributed by atoms with Crippen LogP contribution in [-0.2, 0) is 16.3 Å². The Morgan fingerprint density at radius 2 is 1.70 bits per heavy atom. The Morgan fingerprint density at radius 1 is 1.00 bits per heavy atom. The predicted molar refractivity (Wildman–Crippen MR) is 94.2 cm³/mol. The van der Waals surface area contributed by atoms with Crippen LogP contribution >= 0.6 is 0 Å². The monoisotopic (exact) mass is 326 g/mol. The minimum absolute atomic E-state index is 0.391. The molecule has 2 aromatic rings. The maximum atomic E-state index is 12.9. The third-order valence-corrected chi connectivity index (χ3v) is 6.53. The van der Waals surface area contributed by atoms with Crippen LogP contribution in [-0.4, -0.2) is 13.7 Å². The summed E-state index contributed by atoms with van der Waals surface area (Å²) in [5.41, 5.74) is 3.56. The summed E-state index contributed by atoms with van der Waals surface area (Å²) in [6, 6.07) is 17.4. The highest BCUT2D eigenvalue weighted by atomic mass is 32.2. The Balaban J connectivity index is 1.84. The first-order chi connectivity index (χ1) is 11.1. The summed E-state index contributed by atoms with van der Waals surface area (Å²) in [5, 5.41) is -0.391. The van der Waals surface area contributed by atoms with Gasteiger partial charge in [-0.15, -0.1) is 0 Å². The van der Waals surface area contributed by atoms with E-state index in [-0.39, 0.29) is 0 Å². The van der Waals surface area contributed by atoms with Crippen LogP contribution < -0.4 is 0 Å².